The SMILES string of the molecule is C=C(C)[C@@H]1C[C@H](O)C2=C(C(=O)C[C@]3(C)[C@@H]([C@H](C)CCC(=O)OC)CC[C@@]23C)[C@@]1(C)CCC(=O)O. The van der Waals surface area contributed by atoms with Crippen molar-refractivity contribution in [1.29, 1.82) is 0 Å². The molecule has 7 atom stereocenters. The first kappa shape index (κ1) is 26.7. The molecule has 0 aromatic carbocycles. The van der Waals surface area contributed by atoms with Crippen LogP contribution < -0.4 is 0 Å². The fourth-order valence-corrected chi connectivity index (χ4v) is 7.98. The molecule has 0 aromatic heterocycles. The van der Waals surface area contributed by atoms with Crippen LogP contribution in [0.4, 0.5) is 0 Å². The molecule has 3 aliphatic rings. The first-order chi connectivity index (χ1) is 15.7. The van der Waals surface area contributed by atoms with Crippen LogP contribution in [0.25, 0.3) is 0 Å². The Labute approximate surface area is 203 Å². The molecule has 1 fully saturated rings. The number of carbonyl (C=O) groups is 3. The highest BCUT2D eigenvalue weighted by molar-refractivity contribution is 6.00. The number of carboxylic acid groups (broad SMARTS) is 1. The van der Waals surface area contributed by atoms with Crippen molar-refractivity contribution in [2.24, 2.45) is 34.0 Å². The van der Waals surface area contributed by atoms with Gasteiger partial charge in [-0.25, -0.2) is 0 Å². The second-order valence-corrected chi connectivity index (χ2v) is 11.8. The summed E-state index contributed by atoms with van der Waals surface area (Å²) in [7, 11) is 1.40. The Hall–Kier alpha value is -1.95. The molecule has 0 saturated heterocycles. The number of ether oxygens (including phenoxy) is 1. The third-order valence-electron chi connectivity index (χ3n) is 10.0. The minimum absolute atomic E-state index is 0.0262. The van der Waals surface area contributed by atoms with Crippen molar-refractivity contribution in [3.63, 3.8) is 0 Å². The maximum Gasteiger partial charge on any atom is 0.305 e. The van der Waals surface area contributed by atoms with Crippen LogP contribution in [0.2, 0.25) is 0 Å². The zero-order valence-electron chi connectivity index (χ0n) is 21.7. The van der Waals surface area contributed by atoms with Crippen LogP contribution in [-0.4, -0.2) is 41.1 Å². The number of carbonyl (C=O) groups excluding carboxylic acids is 2. The summed E-state index contributed by atoms with van der Waals surface area (Å²) < 4.78 is 4.83. The van der Waals surface area contributed by atoms with Crippen LogP contribution in [0, 0.1) is 34.0 Å². The van der Waals surface area contributed by atoms with Gasteiger partial charge in [-0.2, -0.15) is 0 Å². The number of hydrogen-bond acceptors (Lipinski definition) is 5. The zero-order valence-corrected chi connectivity index (χ0v) is 21.7. The van der Waals surface area contributed by atoms with Crippen molar-refractivity contribution in [3.05, 3.63) is 23.3 Å². The van der Waals surface area contributed by atoms with Crippen LogP contribution >= 0.6 is 0 Å². The van der Waals surface area contributed by atoms with Crippen molar-refractivity contribution in [2.75, 3.05) is 7.11 Å². The van der Waals surface area contributed by atoms with E-state index in [1.807, 2.05) is 13.8 Å². The quantitative estimate of drug-likeness (QED) is 0.375. The van der Waals surface area contributed by atoms with Gasteiger partial charge in [0.25, 0.3) is 0 Å². The van der Waals surface area contributed by atoms with E-state index in [9.17, 15) is 24.6 Å². The summed E-state index contributed by atoms with van der Waals surface area (Å²) in [5.41, 5.74) is 1.05. The maximum atomic E-state index is 14.0. The Morgan fingerprint density at radius 3 is 2.44 bits per heavy atom. The lowest BCUT2D eigenvalue weighted by atomic mass is 9.46. The van der Waals surface area contributed by atoms with Gasteiger partial charge in [-0.1, -0.05) is 39.8 Å². The monoisotopic (exact) mass is 474 g/mol. The van der Waals surface area contributed by atoms with Crippen molar-refractivity contribution < 1.29 is 29.3 Å². The largest absolute Gasteiger partial charge is 0.481 e. The second-order valence-electron chi connectivity index (χ2n) is 11.8. The molecule has 0 aliphatic heterocycles. The number of rotatable bonds is 8. The summed E-state index contributed by atoms with van der Waals surface area (Å²) in [6.07, 6.45) is 3.30. The predicted molar refractivity (Wildman–Crippen MR) is 130 cm³/mol. The summed E-state index contributed by atoms with van der Waals surface area (Å²) in [6.45, 7) is 14.6. The number of hydrogen-bond donors (Lipinski definition) is 2. The van der Waals surface area contributed by atoms with Crippen LogP contribution in [0.1, 0.15) is 86.0 Å². The molecule has 0 amide bonds. The highest BCUT2D eigenvalue weighted by Gasteiger charge is 2.65. The number of aliphatic carboxylic acids is 1. The second kappa shape index (κ2) is 9.25. The molecule has 0 bridgehead atoms. The molecule has 34 heavy (non-hydrogen) atoms. The molecule has 3 aliphatic carbocycles. The van der Waals surface area contributed by atoms with Gasteiger partial charge in [0.1, 0.15) is 0 Å². The lowest BCUT2D eigenvalue weighted by Crippen LogP contribution is -2.54. The van der Waals surface area contributed by atoms with Gasteiger partial charge in [-0.3, -0.25) is 14.4 Å². The molecule has 0 unspecified atom stereocenters. The normalized spacial score (nSPS) is 38.2. The topological polar surface area (TPSA) is 101 Å². The van der Waals surface area contributed by atoms with Crippen LogP contribution in [0.5, 0.6) is 0 Å². The lowest BCUT2D eigenvalue weighted by molar-refractivity contribution is -0.141. The van der Waals surface area contributed by atoms with Crippen molar-refractivity contribution in [2.45, 2.75) is 92.1 Å². The lowest BCUT2D eigenvalue weighted by Gasteiger charge is -2.58. The number of fused-ring (bicyclic) bond motifs is 2. The number of methoxy groups -OCH3 is 1. The molecule has 3 rings (SSSR count). The van der Waals surface area contributed by atoms with Gasteiger partial charge in [0, 0.05) is 30.3 Å². The minimum atomic E-state index is -0.880. The average Bonchev–Trinajstić information content (AvgIpc) is 3.02. The summed E-state index contributed by atoms with van der Waals surface area (Å²) >= 11 is 0. The standard InChI is InChI=1S/C28H42O6/c1-16(2)19-14-20(29)25-24(26(19,4)12-11-22(31)32)21(30)15-28(6)18(10-13-27(25,28)5)17(3)8-9-23(33)34-7/h17-20,29H,1,8-15H2,2-7H3,(H,31,32)/t17-,18-,19+,20+,26+,27+,28-/m1/s1. The highest BCUT2D eigenvalue weighted by Crippen LogP contribution is 2.70. The summed E-state index contributed by atoms with van der Waals surface area (Å²) in [5, 5.41) is 20.9. The maximum absolute atomic E-state index is 14.0. The fraction of sp³-hybridized carbons (Fsp3) is 0.750. The third-order valence-corrected chi connectivity index (χ3v) is 10.0. The Balaban J connectivity index is 2.08. The first-order valence-corrected chi connectivity index (χ1v) is 12.6. The van der Waals surface area contributed by atoms with Gasteiger partial charge in [-0.15, -0.1) is 0 Å². The number of aliphatic hydroxyl groups excluding tert-OH is 1. The molecule has 190 valence electrons. The summed E-state index contributed by atoms with van der Waals surface area (Å²) in [4.78, 5) is 37.2. The van der Waals surface area contributed by atoms with E-state index >= 15 is 0 Å². The molecule has 6 heteroatoms. The average molecular weight is 475 g/mol. The van der Waals surface area contributed by atoms with E-state index in [-0.39, 0.29) is 46.8 Å². The van der Waals surface area contributed by atoms with E-state index in [0.717, 1.165) is 24.0 Å². The number of Topliss-reactive ketones (excluding diaryl/α,β-unsaturated/α-hetero) is 1. The number of allylic oxidation sites excluding steroid dienone is 2. The number of aliphatic hydroxyl groups is 1. The molecule has 6 nitrogen and oxygen atoms in total. The van der Waals surface area contributed by atoms with E-state index in [1.54, 1.807) is 0 Å². The van der Waals surface area contributed by atoms with Crippen molar-refractivity contribution in [1.82, 2.24) is 0 Å². The molecule has 1 saturated carbocycles. The van der Waals surface area contributed by atoms with Gasteiger partial charge < -0.3 is 14.9 Å². The summed E-state index contributed by atoms with van der Waals surface area (Å²) in [6, 6.07) is 0. The Morgan fingerprint density at radius 1 is 1.24 bits per heavy atom. The van der Waals surface area contributed by atoms with E-state index in [4.69, 9.17) is 4.74 Å². The van der Waals surface area contributed by atoms with Gasteiger partial charge in [0.2, 0.25) is 0 Å². The smallest absolute Gasteiger partial charge is 0.305 e. The van der Waals surface area contributed by atoms with Gasteiger partial charge in [0.05, 0.1) is 13.2 Å². The Morgan fingerprint density at radius 2 is 1.88 bits per heavy atom. The Bertz CT molecular complexity index is 918. The highest BCUT2D eigenvalue weighted by atomic mass is 16.5. The number of esters is 1. The zero-order chi connectivity index (χ0) is 25.6. The molecular formula is C28H42O6. The Kier molecular flexibility index (Phi) is 7.25. The van der Waals surface area contributed by atoms with Crippen LogP contribution in [0.15, 0.2) is 23.3 Å². The van der Waals surface area contributed by atoms with E-state index in [1.165, 1.54) is 7.11 Å². The van der Waals surface area contributed by atoms with E-state index in [2.05, 4.69) is 27.4 Å². The molecular weight excluding hydrogens is 432 g/mol. The molecule has 2 N–H and O–H groups in total. The van der Waals surface area contributed by atoms with Crippen molar-refractivity contribution in [3.8, 4) is 0 Å². The van der Waals surface area contributed by atoms with Crippen LogP contribution in [0.3, 0.4) is 0 Å². The molecule has 0 aromatic rings. The third kappa shape index (κ3) is 4.06. The number of ketones is 1. The van der Waals surface area contributed by atoms with Crippen LogP contribution in [-0.2, 0) is 19.1 Å². The van der Waals surface area contributed by atoms with Gasteiger partial charge in [0.15, 0.2) is 5.78 Å². The minimum Gasteiger partial charge on any atom is -0.481 e. The van der Waals surface area contributed by atoms with Gasteiger partial charge in [-0.05, 0) is 73.2 Å². The van der Waals surface area contributed by atoms with Crippen molar-refractivity contribution >= 4 is 17.7 Å². The fourth-order valence-electron chi connectivity index (χ4n) is 7.98. The van der Waals surface area contributed by atoms with E-state index < -0.39 is 17.5 Å². The predicted octanol–water partition coefficient (Wildman–Crippen LogP) is 5.10. The molecule has 0 spiro atoms. The molecule has 0 heterocycles. The first-order valence-electron chi connectivity index (χ1n) is 12.6. The molecule has 0 radical (unpaired) electrons. The summed E-state index contributed by atoms with van der Waals surface area (Å²) in [5.74, 6) is -0.715. The van der Waals surface area contributed by atoms with Gasteiger partial charge >= 0.3 is 11.9 Å². The number of carboxylic acids is 1. The van der Waals surface area contributed by atoms with E-state index in [0.29, 0.717) is 37.7 Å².